The normalized spacial score (nSPS) is 27.8. The molecule has 1 aliphatic carbocycles. The van der Waals surface area contributed by atoms with E-state index in [0.29, 0.717) is 23.3 Å². The van der Waals surface area contributed by atoms with Crippen LogP contribution in [0.15, 0.2) is 0 Å². The van der Waals surface area contributed by atoms with Crippen molar-refractivity contribution >= 4 is 5.91 Å². The Kier molecular flexibility index (Phi) is 4.08. The van der Waals surface area contributed by atoms with Crippen LogP contribution in [0.2, 0.25) is 0 Å². The molecule has 2 unspecified atom stereocenters. The first-order valence-electron chi connectivity index (χ1n) is 7.23. The summed E-state index contributed by atoms with van der Waals surface area (Å²) in [5.41, 5.74) is 0.375. The summed E-state index contributed by atoms with van der Waals surface area (Å²) in [6, 6.07) is 0.395. The number of amides is 1. The van der Waals surface area contributed by atoms with Gasteiger partial charge in [0.15, 0.2) is 0 Å². The Balaban J connectivity index is 1.81. The second-order valence-corrected chi connectivity index (χ2v) is 5.77. The van der Waals surface area contributed by atoms with Crippen molar-refractivity contribution in [2.45, 2.75) is 58.4 Å². The van der Waals surface area contributed by atoms with E-state index < -0.39 is 0 Å². The molecule has 1 heterocycles. The zero-order valence-electron chi connectivity index (χ0n) is 11.2. The van der Waals surface area contributed by atoms with Gasteiger partial charge < -0.3 is 10.6 Å². The van der Waals surface area contributed by atoms with Crippen LogP contribution in [0.4, 0.5) is 0 Å². The second-order valence-electron chi connectivity index (χ2n) is 5.77. The average molecular weight is 238 g/mol. The van der Waals surface area contributed by atoms with Gasteiger partial charge in [0.1, 0.15) is 0 Å². The predicted molar refractivity (Wildman–Crippen MR) is 69.8 cm³/mol. The molecule has 2 fully saturated rings. The zero-order valence-corrected chi connectivity index (χ0v) is 11.2. The number of carbonyl (C=O) groups is 1. The molecular formula is C14H26N2O. The molecule has 1 amide bonds. The molecule has 0 aromatic carbocycles. The molecule has 1 saturated heterocycles. The second kappa shape index (κ2) is 5.38. The van der Waals surface area contributed by atoms with Gasteiger partial charge in [0.05, 0.1) is 0 Å². The van der Waals surface area contributed by atoms with Crippen molar-refractivity contribution in [2.24, 2.45) is 11.3 Å². The van der Waals surface area contributed by atoms with Gasteiger partial charge in [-0.25, -0.2) is 0 Å². The molecule has 3 nitrogen and oxygen atoms in total. The molecule has 0 bridgehead atoms. The molecule has 0 radical (unpaired) electrons. The first kappa shape index (κ1) is 12.9. The van der Waals surface area contributed by atoms with Crippen LogP contribution >= 0.6 is 0 Å². The molecule has 1 aliphatic heterocycles. The molecule has 2 aliphatic rings. The Morgan fingerprint density at radius 3 is 2.71 bits per heavy atom. The monoisotopic (exact) mass is 238 g/mol. The van der Waals surface area contributed by atoms with E-state index in [-0.39, 0.29) is 0 Å². The maximum Gasteiger partial charge on any atom is 0.223 e. The van der Waals surface area contributed by atoms with Crippen LogP contribution in [0.3, 0.4) is 0 Å². The lowest BCUT2D eigenvalue weighted by molar-refractivity contribution is -0.124. The largest absolute Gasteiger partial charge is 0.353 e. The van der Waals surface area contributed by atoms with Gasteiger partial charge in [-0.15, -0.1) is 0 Å². The molecule has 2 N–H and O–H groups in total. The minimum absolute atomic E-state index is 0.315. The Hall–Kier alpha value is -0.570. The summed E-state index contributed by atoms with van der Waals surface area (Å²) in [7, 11) is 0. The summed E-state index contributed by atoms with van der Waals surface area (Å²) in [5, 5.41) is 6.62. The number of hydrogen-bond acceptors (Lipinski definition) is 2. The minimum atomic E-state index is 0.315. The molecule has 98 valence electrons. The summed E-state index contributed by atoms with van der Waals surface area (Å²) in [5.74, 6) is 0.641. The number of carbonyl (C=O) groups excluding carboxylic acids is 1. The van der Waals surface area contributed by atoms with Crippen molar-refractivity contribution in [2.75, 3.05) is 13.1 Å². The van der Waals surface area contributed by atoms with Crippen LogP contribution < -0.4 is 10.6 Å². The fraction of sp³-hybridized carbons (Fsp3) is 0.929. The maximum absolute atomic E-state index is 12.2. The zero-order chi connectivity index (χ0) is 12.3. The lowest BCUT2D eigenvalue weighted by Crippen LogP contribution is -2.38. The topological polar surface area (TPSA) is 41.1 Å². The average Bonchev–Trinajstić information content (AvgIpc) is 3.03. The lowest BCUT2D eigenvalue weighted by Gasteiger charge is -2.24. The highest BCUT2D eigenvalue weighted by atomic mass is 16.2. The quantitative estimate of drug-likeness (QED) is 0.770. The summed E-state index contributed by atoms with van der Waals surface area (Å²) < 4.78 is 0. The van der Waals surface area contributed by atoms with E-state index in [9.17, 15) is 4.79 Å². The van der Waals surface area contributed by atoms with Crippen molar-refractivity contribution in [3.63, 3.8) is 0 Å². The van der Waals surface area contributed by atoms with Gasteiger partial charge in [0.25, 0.3) is 0 Å². The first-order chi connectivity index (χ1) is 8.22. The van der Waals surface area contributed by atoms with Gasteiger partial charge in [0, 0.05) is 12.0 Å². The minimum Gasteiger partial charge on any atom is -0.353 e. The van der Waals surface area contributed by atoms with E-state index in [2.05, 4.69) is 24.5 Å². The van der Waals surface area contributed by atoms with Gasteiger partial charge in [0.2, 0.25) is 5.91 Å². The number of piperidine rings is 1. The van der Waals surface area contributed by atoms with Crippen molar-refractivity contribution in [3.05, 3.63) is 0 Å². The Morgan fingerprint density at radius 2 is 2.12 bits per heavy atom. The van der Waals surface area contributed by atoms with E-state index >= 15 is 0 Å². The van der Waals surface area contributed by atoms with E-state index in [4.69, 9.17) is 0 Å². The first-order valence-corrected chi connectivity index (χ1v) is 7.23. The molecule has 3 heteroatoms. The van der Waals surface area contributed by atoms with Crippen molar-refractivity contribution in [1.29, 1.82) is 0 Å². The Labute approximate surface area is 105 Å². The van der Waals surface area contributed by atoms with Crippen LogP contribution in [0.1, 0.15) is 52.4 Å². The SMILES string of the molecule is CCCC(CC)NC(=O)C1CC12CCNCC2. The third kappa shape index (κ3) is 2.82. The summed E-state index contributed by atoms with van der Waals surface area (Å²) >= 11 is 0. The van der Waals surface area contributed by atoms with Crippen LogP contribution in [-0.2, 0) is 4.79 Å². The molecule has 2 rings (SSSR count). The van der Waals surface area contributed by atoms with E-state index in [1.54, 1.807) is 0 Å². The van der Waals surface area contributed by atoms with E-state index in [1.807, 2.05) is 0 Å². The van der Waals surface area contributed by atoms with Crippen LogP contribution in [-0.4, -0.2) is 25.0 Å². The van der Waals surface area contributed by atoms with Gasteiger partial charge in [-0.1, -0.05) is 20.3 Å². The van der Waals surface area contributed by atoms with Gasteiger partial charge in [-0.2, -0.15) is 0 Å². The van der Waals surface area contributed by atoms with Gasteiger partial charge >= 0.3 is 0 Å². The van der Waals surface area contributed by atoms with Gasteiger partial charge in [-0.3, -0.25) is 4.79 Å². The molecule has 0 aromatic rings. The smallest absolute Gasteiger partial charge is 0.223 e. The maximum atomic E-state index is 12.2. The fourth-order valence-electron chi connectivity index (χ4n) is 3.22. The molecule has 1 saturated carbocycles. The molecule has 0 aromatic heterocycles. The lowest BCUT2D eigenvalue weighted by atomic mass is 9.91. The van der Waals surface area contributed by atoms with E-state index in [0.717, 1.165) is 38.8 Å². The molecule has 1 spiro atoms. The highest BCUT2D eigenvalue weighted by Gasteiger charge is 2.57. The van der Waals surface area contributed by atoms with E-state index in [1.165, 1.54) is 12.8 Å². The Bertz CT molecular complexity index is 271. The third-order valence-electron chi connectivity index (χ3n) is 4.58. The highest BCUT2D eigenvalue weighted by Crippen LogP contribution is 2.58. The van der Waals surface area contributed by atoms with Crippen LogP contribution in [0.25, 0.3) is 0 Å². The van der Waals surface area contributed by atoms with Crippen molar-refractivity contribution < 1.29 is 4.79 Å². The molecule has 17 heavy (non-hydrogen) atoms. The Morgan fingerprint density at radius 1 is 1.41 bits per heavy atom. The fourth-order valence-corrected chi connectivity index (χ4v) is 3.22. The standard InChI is InChI=1S/C14H26N2O/c1-3-5-11(4-2)16-13(17)12-10-14(12)6-8-15-9-7-14/h11-12,15H,3-10H2,1-2H3,(H,16,17). The highest BCUT2D eigenvalue weighted by molar-refractivity contribution is 5.82. The van der Waals surface area contributed by atoms with Crippen LogP contribution in [0, 0.1) is 11.3 Å². The number of hydrogen-bond donors (Lipinski definition) is 2. The van der Waals surface area contributed by atoms with Gasteiger partial charge in [-0.05, 0) is 50.6 Å². The number of nitrogens with one attached hydrogen (secondary N) is 2. The summed E-state index contributed by atoms with van der Waals surface area (Å²) in [6.45, 7) is 6.53. The number of rotatable bonds is 5. The third-order valence-corrected chi connectivity index (χ3v) is 4.58. The summed E-state index contributed by atoms with van der Waals surface area (Å²) in [6.07, 6.45) is 6.83. The summed E-state index contributed by atoms with van der Waals surface area (Å²) in [4.78, 5) is 12.2. The van der Waals surface area contributed by atoms with Crippen molar-refractivity contribution in [3.8, 4) is 0 Å². The predicted octanol–water partition coefficient (Wildman–Crippen LogP) is 2.07. The molecular weight excluding hydrogens is 212 g/mol. The van der Waals surface area contributed by atoms with Crippen molar-refractivity contribution in [1.82, 2.24) is 10.6 Å². The molecule has 2 atom stereocenters. The van der Waals surface area contributed by atoms with Crippen LogP contribution in [0.5, 0.6) is 0 Å².